The number of hydrogen-bond donors (Lipinski definition) is 2. The Morgan fingerprint density at radius 2 is 1.83 bits per heavy atom. The summed E-state index contributed by atoms with van der Waals surface area (Å²) in [5.74, 6) is -0.307. The van der Waals surface area contributed by atoms with Crippen LogP contribution >= 0.6 is 12.2 Å². The summed E-state index contributed by atoms with van der Waals surface area (Å²) in [5.41, 5.74) is 4.53. The number of benzene rings is 2. The molecule has 23 heavy (non-hydrogen) atoms. The monoisotopic (exact) mass is 328 g/mol. The van der Waals surface area contributed by atoms with E-state index < -0.39 is 0 Å². The van der Waals surface area contributed by atoms with Gasteiger partial charge >= 0.3 is 0 Å². The normalized spacial score (nSPS) is 14.7. The summed E-state index contributed by atoms with van der Waals surface area (Å²) in [7, 11) is 0. The first-order chi connectivity index (χ1) is 11.1. The fourth-order valence-corrected chi connectivity index (χ4v) is 3.31. The maximum Gasteiger partial charge on any atom is 0.171 e. The van der Waals surface area contributed by atoms with Gasteiger partial charge in [0.05, 0.1) is 11.7 Å². The lowest BCUT2D eigenvalue weighted by molar-refractivity contribution is 0.631. The fourth-order valence-electron chi connectivity index (χ4n) is 3.02. The Bertz CT molecular complexity index is 714. The smallest absolute Gasteiger partial charge is 0.171 e. The molecule has 0 fully saturated rings. The molecule has 0 heterocycles. The Morgan fingerprint density at radius 1 is 1.09 bits per heavy atom. The molecule has 3 rings (SSSR count). The topological polar surface area (TPSA) is 24.1 Å². The van der Waals surface area contributed by atoms with Crippen LogP contribution < -0.4 is 10.6 Å². The average molecular weight is 328 g/mol. The number of aryl methyl sites for hydroxylation is 2. The van der Waals surface area contributed by atoms with Crippen LogP contribution in [-0.4, -0.2) is 5.11 Å². The van der Waals surface area contributed by atoms with E-state index in [1.807, 2.05) is 0 Å². The van der Waals surface area contributed by atoms with Gasteiger partial charge in [0.2, 0.25) is 0 Å². The molecule has 2 aromatic carbocycles. The van der Waals surface area contributed by atoms with Gasteiger partial charge in [-0.25, -0.2) is 4.39 Å². The van der Waals surface area contributed by atoms with E-state index in [0.29, 0.717) is 10.8 Å². The molecule has 2 aromatic rings. The molecular formula is C19H21FN2S. The van der Waals surface area contributed by atoms with E-state index in [2.05, 4.69) is 35.8 Å². The molecule has 1 aliphatic carbocycles. The Balaban J connectivity index is 1.65. The second-order valence-electron chi connectivity index (χ2n) is 6.04. The van der Waals surface area contributed by atoms with Gasteiger partial charge in [0, 0.05) is 0 Å². The van der Waals surface area contributed by atoms with Gasteiger partial charge in [-0.1, -0.05) is 30.3 Å². The Hall–Kier alpha value is -1.94. The van der Waals surface area contributed by atoms with Gasteiger partial charge in [0.1, 0.15) is 5.82 Å². The lowest BCUT2D eigenvalue weighted by Gasteiger charge is -2.21. The molecule has 0 aromatic heterocycles. The van der Waals surface area contributed by atoms with Crippen molar-refractivity contribution in [2.75, 3.05) is 5.32 Å². The van der Waals surface area contributed by atoms with Crippen molar-refractivity contribution in [2.24, 2.45) is 0 Å². The molecule has 0 amide bonds. The van der Waals surface area contributed by atoms with Crippen LogP contribution in [0.5, 0.6) is 0 Å². The van der Waals surface area contributed by atoms with Crippen LogP contribution in [0.25, 0.3) is 0 Å². The van der Waals surface area contributed by atoms with Gasteiger partial charge < -0.3 is 10.6 Å². The van der Waals surface area contributed by atoms with Crippen molar-refractivity contribution < 1.29 is 4.39 Å². The number of anilines is 1. The molecule has 2 nitrogen and oxygen atoms in total. The third-order valence-corrected chi connectivity index (χ3v) is 4.56. The quantitative estimate of drug-likeness (QED) is 0.795. The minimum Gasteiger partial charge on any atom is -0.356 e. The van der Waals surface area contributed by atoms with E-state index in [1.54, 1.807) is 18.2 Å². The van der Waals surface area contributed by atoms with Crippen molar-refractivity contribution in [1.29, 1.82) is 0 Å². The molecule has 0 aliphatic heterocycles. The Kier molecular flexibility index (Phi) is 4.91. The zero-order valence-electron chi connectivity index (χ0n) is 13.2. The summed E-state index contributed by atoms with van der Waals surface area (Å²) >= 11 is 5.30. The maximum absolute atomic E-state index is 13.6. The third kappa shape index (κ3) is 3.88. The van der Waals surface area contributed by atoms with Crippen molar-refractivity contribution in [1.82, 2.24) is 5.32 Å². The number of para-hydroxylation sites is 1. The molecule has 1 aliphatic rings. The molecule has 2 N–H and O–H groups in total. The molecular weight excluding hydrogens is 307 g/mol. The molecule has 0 saturated carbocycles. The minimum atomic E-state index is -0.307. The van der Waals surface area contributed by atoms with E-state index in [-0.39, 0.29) is 11.9 Å². The van der Waals surface area contributed by atoms with E-state index in [4.69, 9.17) is 12.2 Å². The highest BCUT2D eigenvalue weighted by Crippen LogP contribution is 2.25. The lowest BCUT2D eigenvalue weighted by Crippen LogP contribution is -2.31. The van der Waals surface area contributed by atoms with E-state index in [1.165, 1.54) is 42.0 Å². The molecule has 0 unspecified atom stereocenters. The first kappa shape index (κ1) is 15.9. The average Bonchev–Trinajstić information content (AvgIpc) is 2.56. The molecule has 120 valence electrons. The summed E-state index contributed by atoms with van der Waals surface area (Å²) < 4.78 is 13.6. The van der Waals surface area contributed by atoms with Gasteiger partial charge in [-0.3, -0.25) is 0 Å². The van der Waals surface area contributed by atoms with Crippen LogP contribution in [0.15, 0.2) is 42.5 Å². The highest BCUT2D eigenvalue weighted by Gasteiger charge is 2.13. The second-order valence-corrected chi connectivity index (χ2v) is 6.44. The van der Waals surface area contributed by atoms with Crippen LogP contribution in [0.2, 0.25) is 0 Å². The standard InChI is InChI=1S/C19H21FN2S/c1-13(15-11-10-14-6-2-3-7-16(14)12-15)21-19(23)22-18-9-5-4-8-17(18)20/h4-5,8-13H,2-3,6-7H2,1H3,(H2,21,22,23)/t13-/m0/s1. The Morgan fingerprint density at radius 3 is 2.61 bits per heavy atom. The molecule has 0 radical (unpaired) electrons. The van der Waals surface area contributed by atoms with Crippen LogP contribution in [0.4, 0.5) is 10.1 Å². The summed E-state index contributed by atoms with van der Waals surface area (Å²) in [6, 6.07) is 13.3. The first-order valence-corrected chi connectivity index (χ1v) is 8.48. The molecule has 0 spiro atoms. The number of nitrogens with one attached hydrogen (secondary N) is 2. The summed E-state index contributed by atoms with van der Waals surface area (Å²) in [6.45, 7) is 2.07. The minimum absolute atomic E-state index is 0.0778. The highest BCUT2D eigenvalue weighted by molar-refractivity contribution is 7.80. The molecule has 4 heteroatoms. The third-order valence-electron chi connectivity index (χ3n) is 4.34. The first-order valence-electron chi connectivity index (χ1n) is 8.07. The number of rotatable bonds is 3. The van der Waals surface area contributed by atoms with Crippen molar-refractivity contribution >= 4 is 23.0 Å². The number of fused-ring (bicyclic) bond motifs is 1. The molecule has 0 saturated heterocycles. The van der Waals surface area contributed by atoms with Crippen LogP contribution in [0.1, 0.15) is 42.5 Å². The number of halogens is 1. The SMILES string of the molecule is C[C@H](NC(=S)Nc1ccccc1F)c1ccc2c(c1)CCCC2. The van der Waals surface area contributed by atoms with Crippen molar-refractivity contribution in [3.8, 4) is 0 Å². The maximum atomic E-state index is 13.6. The predicted octanol–water partition coefficient (Wildman–Crippen LogP) is 4.75. The molecule has 0 bridgehead atoms. The van der Waals surface area contributed by atoms with Crippen molar-refractivity contribution in [3.05, 3.63) is 65.0 Å². The summed E-state index contributed by atoms with van der Waals surface area (Å²) in [4.78, 5) is 0. The highest BCUT2D eigenvalue weighted by atomic mass is 32.1. The van der Waals surface area contributed by atoms with Crippen LogP contribution in [0, 0.1) is 5.82 Å². The Labute approximate surface area is 142 Å². The number of hydrogen-bond acceptors (Lipinski definition) is 1. The van der Waals surface area contributed by atoms with Gasteiger partial charge in [-0.15, -0.1) is 0 Å². The fraction of sp³-hybridized carbons (Fsp3) is 0.316. The largest absolute Gasteiger partial charge is 0.356 e. The predicted molar refractivity (Wildman–Crippen MR) is 97.3 cm³/mol. The van der Waals surface area contributed by atoms with Gasteiger partial charge in [-0.2, -0.15) is 0 Å². The van der Waals surface area contributed by atoms with Crippen LogP contribution in [0.3, 0.4) is 0 Å². The van der Waals surface area contributed by atoms with Crippen LogP contribution in [-0.2, 0) is 12.8 Å². The van der Waals surface area contributed by atoms with E-state index in [9.17, 15) is 4.39 Å². The van der Waals surface area contributed by atoms with Crippen molar-refractivity contribution in [3.63, 3.8) is 0 Å². The zero-order chi connectivity index (χ0) is 16.2. The van der Waals surface area contributed by atoms with E-state index in [0.717, 1.165) is 6.42 Å². The van der Waals surface area contributed by atoms with Crippen molar-refractivity contribution in [2.45, 2.75) is 38.6 Å². The number of thiocarbonyl (C=S) groups is 1. The van der Waals surface area contributed by atoms with Gasteiger partial charge in [0.25, 0.3) is 0 Å². The van der Waals surface area contributed by atoms with E-state index >= 15 is 0 Å². The summed E-state index contributed by atoms with van der Waals surface area (Å²) in [6.07, 6.45) is 4.90. The van der Waals surface area contributed by atoms with Gasteiger partial charge in [-0.05, 0) is 73.6 Å². The summed E-state index contributed by atoms with van der Waals surface area (Å²) in [5, 5.41) is 6.58. The second kappa shape index (κ2) is 7.09. The lowest BCUT2D eigenvalue weighted by atomic mass is 9.89. The molecule has 1 atom stereocenters. The van der Waals surface area contributed by atoms with Gasteiger partial charge in [0.15, 0.2) is 5.11 Å². The zero-order valence-corrected chi connectivity index (χ0v) is 14.0.